The van der Waals surface area contributed by atoms with Gasteiger partial charge in [0.15, 0.2) is 0 Å². The molecular weight excluding hydrogens is 204 g/mol. The second kappa shape index (κ2) is 5.66. The number of hydrazine groups is 1. The number of nitrogens with one attached hydrogen (secondary N) is 3. The topological polar surface area (TPSA) is 199 Å². The molecule has 0 saturated heterocycles. The molecule has 0 amide bonds. The molecule has 15 heavy (non-hydrogen) atoms. The number of rotatable bonds is 2. The Morgan fingerprint density at radius 2 is 1.40 bits per heavy atom. The molecule has 0 aliphatic rings. The Hall–Kier alpha value is -2.02. The molecule has 2 aromatic heterocycles. The van der Waals surface area contributed by atoms with E-state index in [0.29, 0.717) is 11.6 Å². The number of hydrogen-bond acceptors (Lipinski definition) is 10. The van der Waals surface area contributed by atoms with Crippen molar-refractivity contribution in [2.45, 2.75) is 6.29 Å². The quantitative estimate of drug-likeness (QED) is 0.163. The van der Waals surface area contributed by atoms with Gasteiger partial charge >= 0.3 is 0 Å². The minimum Gasteiger partial charge on any atom is -0.303 e. The maximum atomic E-state index is 4.83. The van der Waals surface area contributed by atoms with Gasteiger partial charge in [-0.3, -0.25) is 5.84 Å². The van der Waals surface area contributed by atoms with E-state index in [4.69, 9.17) is 11.5 Å². The first-order chi connectivity index (χ1) is 7.24. The van der Waals surface area contributed by atoms with Crippen molar-refractivity contribution >= 4 is 0 Å². The van der Waals surface area contributed by atoms with E-state index >= 15 is 0 Å². The van der Waals surface area contributed by atoms with Crippen LogP contribution in [0.25, 0.3) is 11.6 Å². The smallest absolute Gasteiger partial charge is 0.245 e. The van der Waals surface area contributed by atoms with Crippen molar-refractivity contribution in [1.29, 1.82) is 0 Å². The molecular formula is C3H10N12. The third kappa shape index (κ3) is 3.69. The normalized spacial score (nSPS) is 9.87. The van der Waals surface area contributed by atoms with Crippen molar-refractivity contribution < 1.29 is 0 Å². The molecule has 0 fully saturated rings. The molecule has 2 heterocycles. The maximum Gasteiger partial charge on any atom is 0.245 e. The highest BCUT2D eigenvalue weighted by molar-refractivity contribution is 5.37. The van der Waals surface area contributed by atoms with E-state index in [1.165, 1.54) is 0 Å². The van der Waals surface area contributed by atoms with Crippen molar-refractivity contribution in [2.24, 2.45) is 17.3 Å². The Bertz CT molecular complexity index is 301. The molecule has 0 aliphatic carbocycles. The van der Waals surface area contributed by atoms with E-state index in [9.17, 15) is 0 Å². The molecule has 2 rings (SSSR count). The molecule has 82 valence electrons. The van der Waals surface area contributed by atoms with Crippen molar-refractivity contribution in [1.82, 2.24) is 46.7 Å². The van der Waals surface area contributed by atoms with Gasteiger partial charge in [-0.1, -0.05) is 0 Å². The van der Waals surface area contributed by atoms with E-state index in [2.05, 4.69) is 52.5 Å². The fourth-order valence-electron chi connectivity index (χ4n) is 0.513. The van der Waals surface area contributed by atoms with Crippen LogP contribution in [0.3, 0.4) is 0 Å². The summed E-state index contributed by atoms with van der Waals surface area (Å²) >= 11 is 0. The number of H-pyrrole nitrogens is 2. The summed E-state index contributed by atoms with van der Waals surface area (Å²) in [5.74, 6) is 5.33. The zero-order valence-electron chi connectivity index (χ0n) is 7.49. The van der Waals surface area contributed by atoms with Crippen LogP contribution in [-0.4, -0.2) is 47.5 Å². The zero-order valence-corrected chi connectivity index (χ0v) is 7.49. The number of hydrogen-bond donors (Lipinski definition) is 6. The molecule has 12 heteroatoms. The fourth-order valence-corrected chi connectivity index (χ4v) is 0.513. The van der Waals surface area contributed by atoms with Gasteiger partial charge in [0.1, 0.15) is 6.29 Å². The summed E-state index contributed by atoms with van der Waals surface area (Å²) in [6, 6.07) is 0. The number of nitrogens with two attached hydrogens (primary N) is 3. The lowest BCUT2D eigenvalue weighted by Gasteiger charge is -1.96. The minimum atomic E-state index is -0.588. The molecule has 0 bridgehead atoms. The van der Waals surface area contributed by atoms with Crippen LogP contribution in [-0.2, 0) is 0 Å². The number of aromatic amines is 2. The first-order valence-electron chi connectivity index (χ1n) is 3.68. The second-order valence-corrected chi connectivity index (χ2v) is 2.16. The highest BCUT2D eigenvalue weighted by Gasteiger charge is 2.05. The highest BCUT2D eigenvalue weighted by atomic mass is 15.5. The number of tetrazole rings is 2. The van der Waals surface area contributed by atoms with Crippen LogP contribution in [0.1, 0.15) is 0 Å². The zero-order chi connectivity index (χ0) is 11.1. The molecule has 12 nitrogen and oxygen atoms in total. The maximum absolute atomic E-state index is 4.83. The van der Waals surface area contributed by atoms with Crippen LogP contribution >= 0.6 is 0 Å². The molecule has 0 unspecified atom stereocenters. The second-order valence-electron chi connectivity index (χ2n) is 2.16. The Kier molecular flexibility index (Phi) is 4.17. The van der Waals surface area contributed by atoms with E-state index in [0.717, 1.165) is 0 Å². The lowest BCUT2D eigenvalue weighted by molar-refractivity contribution is 0.568. The summed E-state index contributed by atoms with van der Waals surface area (Å²) in [5, 5.41) is 25.7. The predicted molar refractivity (Wildman–Crippen MR) is 46.8 cm³/mol. The van der Waals surface area contributed by atoms with E-state index < -0.39 is 6.29 Å². The SMILES string of the molecule is NNC(N)N.n1nc(-c2nn[nH]n2)n[nH]1. The van der Waals surface area contributed by atoms with Gasteiger partial charge < -0.3 is 11.5 Å². The summed E-state index contributed by atoms with van der Waals surface area (Å²) in [4.78, 5) is 0. The minimum absolute atomic E-state index is 0.328. The molecule has 0 aromatic carbocycles. The van der Waals surface area contributed by atoms with Crippen molar-refractivity contribution in [3.05, 3.63) is 0 Å². The average Bonchev–Trinajstić information content (AvgIpc) is 2.90. The predicted octanol–water partition coefficient (Wildman–Crippen LogP) is -3.97. The van der Waals surface area contributed by atoms with Crippen molar-refractivity contribution in [3.8, 4) is 11.6 Å². The lowest BCUT2D eigenvalue weighted by Crippen LogP contribution is -2.48. The van der Waals surface area contributed by atoms with E-state index in [-0.39, 0.29) is 0 Å². The van der Waals surface area contributed by atoms with Gasteiger partial charge in [-0.05, 0) is 10.4 Å². The molecule has 0 atom stereocenters. The van der Waals surface area contributed by atoms with Crippen LogP contribution < -0.4 is 22.7 Å². The molecule has 2 aromatic rings. The molecule has 0 radical (unpaired) electrons. The third-order valence-electron chi connectivity index (χ3n) is 1.08. The van der Waals surface area contributed by atoms with Crippen molar-refractivity contribution in [3.63, 3.8) is 0 Å². The van der Waals surface area contributed by atoms with Crippen LogP contribution in [0.4, 0.5) is 0 Å². The van der Waals surface area contributed by atoms with Gasteiger partial charge in [-0.25, -0.2) is 5.43 Å². The summed E-state index contributed by atoms with van der Waals surface area (Å²) in [6.07, 6.45) is -0.588. The van der Waals surface area contributed by atoms with Crippen LogP contribution in [0, 0.1) is 0 Å². The monoisotopic (exact) mass is 214 g/mol. The summed E-state index contributed by atoms with van der Waals surface area (Å²) < 4.78 is 0. The van der Waals surface area contributed by atoms with Crippen LogP contribution in [0.15, 0.2) is 0 Å². The largest absolute Gasteiger partial charge is 0.303 e. The molecule has 9 N–H and O–H groups in total. The summed E-state index contributed by atoms with van der Waals surface area (Å²) in [5.41, 5.74) is 11.8. The summed E-state index contributed by atoms with van der Waals surface area (Å²) in [7, 11) is 0. The molecule has 0 aliphatic heterocycles. The Morgan fingerprint density at radius 3 is 1.60 bits per heavy atom. The van der Waals surface area contributed by atoms with Gasteiger partial charge in [-0.2, -0.15) is 10.4 Å². The van der Waals surface area contributed by atoms with E-state index in [1.54, 1.807) is 0 Å². The van der Waals surface area contributed by atoms with Gasteiger partial charge in [0, 0.05) is 0 Å². The van der Waals surface area contributed by atoms with Gasteiger partial charge in [0.05, 0.1) is 0 Å². The van der Waals surface area contributed by atoms with Gasteiger partial charge in [0.2, 0.25) is 11.6 Å². The molecule has 0 spiro atoms. The number of aromatic nitrogens is 8. The number of nitrogens with zero attached hydrogens (tertiary/aromatic N) is 6. The van der Waals surface area contributed by atoms with Crippen LogP contribution in [0.5, 0.6) is 0 Å². The third-order valence-corrected chi connectivity index (χ3v) is 1.08. The van der Waals surface area contributed by atoms with Crippen LogP contribution in [0.2, 0.25) is 0 Å². The summed E-state index contributed by atoms with van der Waals surface area (Å²) in [6.45, 7) is 0. The van der Waals surface area contributed by atoms with Crippen molar-refractivity contribution in [2.75, 3.05) is 0 Å². The van der Waals surface area contributed by atoms with E-state index in [1.807, 2.05) is 0 Å². The molecule has 0 saturated carbocycles. The first kappa shape index (κ1) is 11.1. The lowest BCUT2D eigenvalue weighted by atomic mass is 10.6. The standard InChI is InChI=1S/C2H2N8.CH8N4/c3-1(4-8-7-3)2-5-9-10-6-2;2-1(3)5-4/h(H,3,4,7,8)(H,5,6,9,10);1,5H,2-4H2. The van der Waals surface area contributed by atoms with Gasteiger partial charge in [-0.15, -0.1) is 20.4 Å². The Morgan fingerprint density at radius 1 is 1.00 bits per heavy atom. The first-order valence-corrected chi connectivity index (χ1v) is 3.68. The average molecular weight is 214 g/mol. The Labute approximate surface area is 82.9 Å². The fraction of sp³-hybridized carbons (Fsp3) is 0.333. The van der Waals surface area contributed by atoms with Gasteiger partial charge in [0.25, 0.3) is 0 Å². The Balaban J connectivity index is 0.000000195. The highest BCUT2D eigenvalue weighted by Crippen LogP contribution is 1.99.